The molecule has 0 spiro atoms. The summed E-state index contributed by atoms with van der Waals surface area (Å²) in [5.74, 6) is 1.74. The van der Waals surface area contributed by atoms with Crippen molar-refractivity contribution in [1.29, 1.82) is 0 Å². The molecule has 2 fully saturated rings. The number of hydrogen-bond acceptors (Lipinski definition) is 6. The van der Waals surface area contributed by atoms with Crippen LogP contribution in [0.2, 0.25) is 0 Å². The molecule has 0 aliphatic carbocycles. The van der Waals surface area contributed by atoms with Crippen molar-refractivity contribution in [3.8, 4) is 0 Å². The van der Waals surface area contributed by atoms with Crippen molar-refractivity contribution in [1.82, 2.24) is 20.5 Å². The third-order valence-corrected chi connectivity index (χ3v) is 7.16. The monoisotopic (exact) mass is 443 g/mol. The molecule has 2 N–H and O–H groups in total. The van der Waals surface area contributed by atoms with E-state index in [1.54, 1.807) is 11.3 Å². The van der Waals surface area contributed by atoms with Crippen LogP contribution in [0.5, 0.6) is 0 Å². The highest BCUT2D eigenvalue weighted by Crippen LogP contribution is 2.29. The molecule has 1 atom stereocenters. The predicted molar refractivity (Wildman–Crippen MR) is 125 cm³/mol. The van der Waals surface area contributed by atoms with E-state index in [0.29, 0.717) is 13.1 Å². The van der Waals surface area contributed by atoms with Crippen LogP contribution in [0.15, 0.2) is 35.8 Å². The first-order valence-electron chi connectivity index (χ1n) is 11.3. The van der Waals surface area contributed by atoms with Gasteiger partial charge in [0.1, 0.15) is 5.82 Å². The largest absolute Gasteiger partial charge is 0.378 e. The lowest BCUT2D eigenvalue weighted by Gasteiger charge is -2.36. The number of piperidine rings is 1. The topological polar surface area (TPSA) is 69.7 Å². The molecule has 2 aromatic rings. The van der Waals surface area contributed by atoms with Gasteiger partial charge in [-0.15, -0.1) is 11.3 Å². The smallest absolute Gasteiger partial charge is 0.315 e. The van der Waals surface area contributed by atoms with Crippen LogP contribution in [0.25, 0.3) is 0 Å². The second kappa shape index (κ2) is 10.9. The van der Waals surface area contributed by atoms with Crippen molar-refractivity contribution in [2.45, 2.75) is 32.4 Å². The second-order valence-corrected chi connectivity index (χ2v) is 9.41. The van der Waals surface area contributed by atoms with Gasteiger partial charge in [0.05, 0.1) is 19.3 Å². The number of anilines is 1. The molecule has 2 aliphatic heterocycles. The summed E-state index contributed by atoms with van der Waals surface area (Å²) in [4.78, 5) is 23.1. The highest BCUT2D eigenvalue weighted by atomic mass is 32.1. The van der Waals surface area contributed by atoms with Gasteiger partial charge in [-0.25, -0.2) is 9.78 Å². The van der Waals surface area contributed by atoms with Crippen molar-refractivity contribution >= 4 is 23.2 Å². The van der Waals surface area contributed by atoms with E-state index in [9.17, 15) is 4.79 Å². The SMILES string of the molecule is CC1CCN([C@H](CNC(=O)NCc2ccnc(N3CCOCC3)c2)c2cccs2)CC1. The second-order valence-electron chi connectivity index (χ2n) is 8.43. The van der Waals surface area contributed by atoms with Gasteiger partial charge in [-0.2, -0.15) is 0 Å². The number of hydrogen-bond donors (Lipinski definition) is 2. The Morgan fingerprint density at radius 2 is 2.03 bits per heavy atom. The van der Waals surface area contributed by atoms with E-state index in [1.165, 1.54) is 17.7 Å². The molecule has 4 heterocycles. The number of carbonyl (C=O) groups excluding carboxylic acids is 1. The van der Waals surface area contributed by atoms with Gasteiger partial charge in [-0.1, -0.05) is 13.0 Å². The first-order valence-corrected chi connectivity index (χ1v) is 12.1. The number of rotatable bonds is 7. The lowest BCUT2D eigenvalue weighted by Crippen LogP contribution is -2.44. The normalized spacial score (nSPS) is 19.2. The van der Waals surface area contributed by atoms with Crippen LogP contribution >= 0.6 is 11.3 Å². The number of morpholine rings is 1. The van der Waals surface area contributed by atoms with Crippen LogP contribution in [0, 0.1) is 5.92 Å². The molecule has 4 rings (SSSR count). The molecule has 0 radical (unpaired) electrons. The van der Waals surface area contributed by atoms with E-state index in [-0.39, 0.29) is 12.1 Å². The van der Waals surface area contributed by atoms with Crippen LogP contribution in [0.1, 0.15) is 36.2 Å². The number of urea groups is 1. The van der Waals surface area contributed by atoms with Crippen LogP contribution in [-0.4, -0.2) is 61.9 Å². The third-order valence-electron chi connectivity index (χ3n) is 6.18. The summed E-state index contributed by atoms with van der Waals surface area (Å²) >= 11 is 1.77. The standard InChI is InChI=1S/C23H33N5O2S/c1-18-5-8-27(9-6-18)20(21-3-2-14-31-21)17-26-23(29)25-16-19-4-7-24-22(15-19)28-10-12-30-13-11-28/h2-4,7,14-15,18,20H,5-6,8-13,16-17H2,1H3,(H2,25,26,29)/t20-/m1/s1. The summed E-state index contributed by atoms with van der Waals surface area (Å²) in [5, 5.41) is 8.22. The summed E-state index contributed by atoms with van der Waals surface area (Å²) in [6.07, 6.45) is 4.26. The van der Waals surface area contributed by atoms with Crippen molar-refractivity contribution in [2.75, 3.05) is 50.8 Å². The lowest BCUT2D eigenvalue weighted by atomic mass is 9.97. The number of likely N-dealkylation sites (tertiary alicyclic amines) is 1. The first kappa shape index (κ1) is 22.0. The van der Waals surface area contributed by atoms with Gasteiger partial charge >= 0.3 is 6.03 Å². The maximum absolute atomic E-state index is 12.5. The average Bonchev–Trinajstić information content (AvgIpc) is 3.34. The molecule has 0 aromatic carbocycles. The Bertz CT molecular complexity index is 817. The number of carbonyl (C=O) groups is 1. The fraction of sp³-hybridized carbons (Fsp3) is 0.565. The number of ether oxygens (including phenoxy) is 1. The minimum Gasteiger partial charge on any atom is -0.378 e. The Balaban J connectivity index is 1.29. The highest BCUT2D eigenvalue weighted by molar-refractivity contribution is 7.10. The van der Waals surface area contributed by atoms with Crippen LogP contribution in [0.4, 0.5) is 10.6 Å². The first-order chi connectivity index (χ1) is 15.2. The Kier molecular flexibility index (Phi) is 7.77. The van der Waals surface area contributed by atoms with Gasteiger partial charge in [0.15, 0.2) is 0 Å². The zero-order valence-corrected chi connectivity index (χ0v) is 19.1. The fourth-order valence-corrected chi connectivity index (χ4v) is 5.06. The molecule has 2 aliphatic rings. The van der Waals surface area contributed by atoms with E-state index >= 15 is 0 Å². The summed E-state index contributed by atoms with van der Waals surface area (Å²) in [5.41, 5.74) is 1.05. The molecule has 0 unspecified atom stereocenters. The number of pyridine rings is 1. The van der Waals surface area contributed by atoms with Crippen molar-refractivity contribution in [3.63, 3.8) is 0 Å². The summed E-state index contributed by atoms with van der Waals surface area (Å²) < 4.78 is 5.41. The van der Waals surface area contributed by atoms with Gasteiger partial charge in [0.25, 0.3) is 0 Å². The van der Waals surface area contributed by atoms with Crippen LogP contribution < -0.4 is 15.5 Å². The molecule has 2 saturated heterocycles. The molecule has 0 bridgehead atoms. The maximum atomic E-state index is 12.5. The predicted octanol–water partition coefficient (Wildman–Crippen LogP) is 3.25. The van der Waals surface area contributed by atoms with E-state index in [2.05, 4.69) is 55.9 Å². The van der Waals surface area contributed by atoms with E-state index < -0.39 is 0 Å². The molecular formula is C23H33N5O2S. The number of nitrogens with one attached hydrogen (secondary N) is 2. The molecule has 31 heavy (non-hydrogen) atoms. The average molecular weight is 444 g/mol. The molecule has 8 heteroatoms. The van der Waals surface area contributed by atoms with E-state index in [1.807, 2.05) is 12.3 Å². The van der Waals surface area contributed by atoms with Gasteiger partial charge in [-0.05, 0) is 61.0 Å². The molecule has 2 amide bonds. The minimum atomic E-state index is -0.128. The number of nitrogens with zero attached hydrogens (tertiary/aromatic N) is 3. The van der Waals surface area contributed by atoms with E-state index in [0.717, 1.165) is 56.7 Å². The molecule has 168 valence electrons. The van der Waals surface area contributed by atoms with Crippen LogP contribution in [0.3, 0.4) is 0 Å². The zero-order valence-electron chi connectivity index (χ0n) is 18.3. The lowest BCUT2D eigenvalue weighted by molar-refractivity contribution is 0.122. The molecule has 0 saturated carbocycles. The highest BCUT2D eigenvalue weighted by Gasteiger charge is 2.25. The molecule has 2 aromatic heterocycles. The number of amides is 2. The zero-order chi connectivity index (χ0) is 21.5. The van der Waals surface area contributed by atoms with Gasteiger partial charge in [0, 0.05) is 37.3 Å². The summed E-state index contributed by atoms with van der Waals surface area (Å²) in [7, 11) is 0. The van der Waals surface area contributed by atoms with Gasteiger partial charge in [-0.3, -0.25) is 4.90 Å². The maximum Gasteiger partial charge on any atom is 0.315 e. The van der Waals surface area contributed by atoms with Gasteiger partial charge < -0.3 is 20.3 Å². The number of thiophene rings is 1. The quantitative estimate of drug-likeness (QED) is 0.688. The summed E-state index contributed by atoms with van der Waals surface area (Å²) in [6, 6.07) is 8.39. The Morgan fingerprint density at radius 1 is 1.23 bits per heavy atom. The van der Waals surface area contributed by atoms with Crippen molar-refractivity contribution < 1.29 is 9.53 Å². The summed E-state index contributed by atoms with van der Waals surface area (Å²) in [6.45, 7) is 8.78. The van der Waals surface area contributed by atoms with Crippen molar-refractivity contribution in [3.05, 3.63) is 46.3 Å². The van der Waals surface area contributed by atoms with Gasteiger partial charge in [0.2, 0.25) is 0 Å². The van der Waals surface area contributed by atoms with Crippen molar-refractivity contribution in [2.24, 2.45) is 5.92 Å². The number of aromatic nitrogens is 1. The Hall–Kier alpha value is -2.16. The Morgan fingerprint density at radius 3 is 2.77 bits per heavy atom. The fourth-order valence-electron chi connectivity index (χ4n) is 4.20. The Labute approximate surface area is 188 Å². The van der Waals surface area contributed by atoms with E-state index in [4.69, 9.17) is 4.74 Å². The minimum absolute atomic E-state index is 0.128. The molecule has 7 nitrogen and oxygen atoms in total. The third kappa shape index (κ3) is 6.18. The van der Waals surface area contributed by atoms with Crippen LogP contribution in [-0.2, 0) is 11.3 Å². The molecular weight excluding hydrogens is 410 g/mol.